The molecule has 19 heavy (non-hydrogen) atoms. The number of likely N-dealkylation sites (tertiary alicyclic amines) is 1. The van der Waals surface area contributed by atoms with Crippen LogP contribution in [-0.2, 0) is 4.79 Å². The lowest BCUT2D eigenvalue weighted by atomic mass is 9.83. The van der Waals surface area contributed by atoms with E-state index in [0.29, 0.717) is 6.42 Å². The molecule has 0 N–H and O–H groups in total. The van der Waals surface area contributed by atoms with Crippen molar-refractivity contribution in [2.24, 2.45) is 0 Å². The zero-order chi connectivity index (χ0) is 14.5. The Morgan fingerprint density at radius 3 is 2.37 bits per heavy atom. The van der Waals surface area contributed by atoms with Crippen molar-refractivity contribution in [3.63, 3.8) is 0 Å². The quantitative estimate of drug-likeness (QED) is 0.472. The van der Waals surface area contributed by atoms with Gasteiger partial charge in [0.25, 0.3) is 0 Å². The van der Waals surface area contributed by atoms with Crippen molar-refractivity contribution in [3.8, 4) is 0 Å². The molecule has 0 unspecified atom stereocenters. The van der Waals surface area contributed by atoms with Gasteiger partial charge in [0.15, 0.2) is 0 Å². The standard InChI is InChI=1S/C17H27NO/c1-6-7-8-11-18-16(19)9-10-17(18,12-14(2)3)13-15(4)5/h6H,1-2,4,7-13H2,3,5H3. The van der Waals surface area contributed by atoms with Crippen molar-refractivity contribution in [2.75, 3.05) is 6.54 Å². The Morgan fingerprint density at radius 2 is 1.89 bits per heavy atom. The molecule has 1 aliphatic rings. The fraction of sp³-hybridized carbons (Fsp3) is 0.588. The first-order chi connectivity index (χ1) is 8.91. The zero-order valence-electron chi connectivity index (χ0n) is 12.5. The Hall–Kier alpha value is -1.31. The first-order valence-corrected chi connectivity index (χ1v) is 7.11. The molecule has 1 amide bonds. The number of carbonyl (C=O) groups is 1. The number of carbonyl (C=O) groups excluding carboxylic acids is 1. The van der Waals surface area contributed by atoms with Crippen LogP contribution in [0.2, 0.25) is 0 Å². The van der Waals surface area contributed by atoms with Crippen LogP contribution in [0.3, 0.4) is 0 Å². The largest absolute Gasteiger partial charge is 0.336 e. The second-order valence-corrected chi connectivity index (χ2v) is 5.97. The summed E-state index contributed by atoms with van der Waals surface area (Å²) in [5.74, 6) is 0.284. The van der Waals surface area contributed by atoms with Crippen LogP contribution in [0.1, 0.15) is 52.4 Å². The number of nitrogens with zero attached hydrogens (tertiary/aromatic N) is 1. The molecule has 0 radical (unpaired) electrons. The van der Waals surface area contributed by atoms with Crippen LogP contribution in [0.25, 0.3) is 0 Å². The van der Waals surface area contributed by atoms with Gasteiger partial charge < -0.3 is 4.90 Å². The molecule has 2 heteroatoms. The smallest absolute Gasteiger partial charge is 0.223 e. The average molecular weight is 261 g/mol. The van der Waals surface area contributed by atoms with Gasteiger partial charge in [0.05, 0.1) is 5.54 Å². The second-order valence-electron chi connectivity index (χ2n) is 5.97. The van der Waals surface area contributed by atoms with Crippen LogP contribution in [0.15, 0.2) is 37.0 Å². The summed E-state index contributed by atoms with van der Waals surface area (Å²) < 4.78 is 0. The van der Waals surface area contributed by atoms with Crippen molar-refractivity contribution < 1.29 is 4.79 Å². The fourth-order valence-corrected chi connectivity index (χ4v) is 3.18. The van der Waals surface area contributed by atoms with Crippen LogP contribution in [0, 0.1) is 0 Å². The maximum absolute atomic E-state index is 12.2. The minimum absolute atomic E-state index is 0.0735. The molecule has 106 valence electrons. The molecule has 0 aromatic carbocycles. The van der Waals surface area contributed by atoms with Gasteiger partial charge in [-0.2, -0.15) is 0 Å². The fourth-order valence-electron chi connectivity index (χ4n) is 3.18. The maximum atomic E-state index is 12.2. The highest BCUT2D eigenvalue weighted by Crippen LogP contribution is 2.40. The van der Waals surface area contributed by atoms with Crippen LogP contribution >= 0.6 is 0 Å². The molecule has 0 saturated carbocycles. The second kappa shape index (κ2) is 6.74. The van der Waals surface area contributed by atoms with E-state index >= 15 is 0 Å². The van der Waals surface area contributed by atoms with Crippen molar-refractivity contribution in [2.45, 2.75) is 57.9 Å². The summed E-state index contributed by atoms with van der Waals surface area (Å²) >= 11 is 0. The molecule has 0 atom stereocenters. The van der Waals surface area contributed by atoms with Gasteiger partial charge in [0.1, 0.15) is 0 Å². The number of amides is 1. The summed E-state index contributed by atoms with van der Waals surface area (Å²) in [6.45, 7) is 16.7. The van der Waals surface area contributed by atoms with E-state index in [1.807, 2.05) is 19.9 Å². The molecule has 1 aliphatic heterocycles. The van der Waals surface area contributed by atoms with Gasteiger partial charge >= 0.3 is 0 Å². The van der Waals surface area contributed by atoms with E-state index in [-0.39, 0.29) is 11.4 Å². The summed E-state index contributed by atoms with van der Waals surface area (Å²) in [6.07, 6.45) is 7.23. The summed E-state index contributed by atoms with van der Waals surface area (Å²) in [7, 11) is 0. The van der Waals surface area contributed by atoms with E-state index in [0.717, 1.165) is 49.8 Å². The van der Waals surface area contributed by atoms with Crippen LogP contribution in [-0.4, -0.2) is 22.9 Å². The lowest BCUT2D eigenvalue weighted by molar-refractivity contribution is -0.131. The zero-order valence-corrected chi connectivity index (χ0v) is 12.5. The molecule has 0 aromatic rings. The minimum atomic E-state index is -0.0735. The van der Waals surface area contributed by atoms with Crippen LogP contribution < -0.4 is 0 Å². The van der Waals surface area contributed by atoms with Crippen molar-refractivity contribution in [1.29, 1.82) is 0 Å². The minimum Gasteiger partial charge on any atom is -0.336 e. The maximum Gasteiger partial charge on any atom is 0.223 e. The molecule has 0 bridgehead atoms. The normalized spacial score (nSPS) is 17.6. The Morgan fingerprint density at radius 1 is 1.32 bits per heavy atom. The van der Waals surface area contributed by atoms with Gasteiger partial charge in [-0.3, -0.25) is 4.79 Å². The summed E-state index contributed by atoms with van der Waals surface area (Å²) in [5, 5.41) is 0. The first kappa shape index (κ1) is 15.7. The Balaban J connectivity index is 2.90. The van der Waals surface area contributed by atoms with Crippen LogP contribution in [0.5, 0.6) is 0 Å². The summed E-state index contributed by atoms with van der Waals surface area (Å²) in [5.41, 5.74) is 2.21. The van der Waals surface area contributed by atoms with E-state index in [2.05, 4.69) is 24.6 Å². The molecule has 1 fully saturated rings. The van der Waals surface area contributed by atoms with E-state index in [9.17, 15) is 4.79 Å². The summed E-state index contributed by atoms with van der Waals surface area (Å²) in [4.78, 5) is 14.3. The number of hydrogen-bond acceptors (Lipinski definition) is 1. The Labute approximate surface area is 117 Å². The first-order valence-electron chi connectivity index (χ1n) is 7.11. The Bertz CT molecular complexity index is 365. The third kappa shape index (κ3) is 4.09. The lowest BCUT2D eigenvalue weighted by Crippen LogP contribution is -2.46. The van der Waals surface area contributed by atoms with Gasteiger partial charge in [-0.25, -0.2) is 0 Å². The Kier molecular flexibility index (Phi) is 5.59. The molecule has 1 saturated heterocycles. The molecule has 0 aliphatic carbocycles. The molecule has 1 heterocycles. The monoisotopic (exact) mass is 261 g/mol. The molecular formula is C17H27NO. The van der Waals surface area contributed by atoms with E-state index in [4.69, 9.17) is 0 Å². The molecule has 1 rings (SSSR count). The van der Waals surface area contributed by atoms with Crippen molar-refractivity contribution in [3.05, 3.63) is 37.0 Å². The molecule has 0 aromatic heterocycles. The average Bonchev–Trinajstić information content (AvgIpc) is 2.56. The van der Waals surface area contributed by atoms with E-state index < -0.39 is 0 Å². The topological polar surface area (TPSA) is 20.3 Å². The lowest BCUT2D eigenvalue weighted by Gasteiger charge is -2.39. The third-order valence-corrected chi connectivity index (χ3v) is 3.73. The number of allylic oxidation sites excluding steroid dienone is 1. The van der Waals surface area contributed by atoms with E-state index in [1.165, 1.54) is 0 Å². The highest BCUT2D eigenvalue weighted by molar-refractivity contribution is 5.80. The predicted molar refractivity (Wildman–Crippen MR) is 82.0 cm³/mol. The molecular weight excluding hydrogens is 234 g/mol. The number of unbranched alkanes of at least 4 members (excludes halogenated alkanes) is 1. The third-order valence-electron chi connectivity index (χ3n) is 3.73. The van der Waals surface area contributed by atoms with Gasteiger partial charge in [0, 0.05) is 13.0 Å². The highest BCUT2D eigenvalue weighted by atomic mass is 16.2. The van der Waals surface area contributed by atoms with Gasteiger partial charge in [-0.15, -0.1) is 19.7 Å². The molecule has 2 nitrogen and oxygen atoms in total. The van der Waals surface area contributed by atoms with Gasteiger partial charge in [0.2, 0.25) is 5.91 Å². The van der Waals surface area contributed by atoms with Crippen molar-refractivity contribution in [1.82, 2.24) is 4.90 Å². The van der Waals surface area contributed by atoms with E-state index in [1.54, 1.807) is 0 Å². The summed E-state index contributed by atoms with van der Waals surface area (Å²) in [6, 6.07) is 0. The predicted octanol–water partition coefficient (Wildman–Crippen LogP) is 4.25. The highest BCUT2D eigenvalue weighted by Gasteiger charge is 2.44. The van der Waals surface area contributed by atoms with Crippen LogP contribution in [0.4, 0.5) is 0 Å². The SMILES string of the molecule is C=CCCCN1C(=O)CCC1(CC(=C)C)CC(=C)C. The number of rotatable bonds is 8. The van der Waals surface area contributed by atoms with Gasteiger partial charge in [-0.1, -0.05) is 17.2 Å². The van der Waals surface area contributed by atoms with Crippen molar-refractivity contribution >= 4 is 5.91 Å². The number of hydrogen-bond donors (Lipinski definition) is 0. The van der Waals surface area contributed by atoms with Gasteiger partial charge in [-0.05, 0) is 46.0 Å². The molecule has 0 spiro atoms.